The van der Waals surface area contributed by atoms with E-state index in [9.17, 15) is 5.11 Å². The van der Waals surface area contributed by atoms with E-state index in [1.165, 1.54) is 5.56 Å². The molecule has 0 saturated carbocycles. The van der Waals surface area contributed by atoms with Gasteiger partial charge in [0.1, 0.15) is 23.1 Å². The van der Waals surface area contributed by atoms with Crippen LogP contribution in [-0.2, 0) is 6.42 Å². The number of aliphatic hydroxyl groups excluding tert-OH is 1. The maximum absolute atomic E-state index is 9.49. The van der Waals surface area contributed by atoms with Gasteiger partial charge in [-0.1, -0.05) is 6.92 Å². The first-order valence-corrected chi connectivity index (χ1v) is 11.4. The molecule has 0 unspecified atom stereocenters. The summed E-state index contributed by atoms with van der Waals surface area (Å²) in [5, 5.41) is 16.2. The number of hydrogen-bond acceptors (Lipinski definition) is 8. The highest BCUT2D eigenvalue weighted by molar-refractivity contribution is 5.65. The summed E-state index contributed by atoms with van der Waals surface area (Å²) < 4.78 is 1.96. The summed E-state index contributed by atoms with van der Waals surface area (Å²) in [5.74, 6) is 3.10. The molecule has 0 radical (unpaired) electrons. The van der Waals surface area contributed by atoms with Crippen LogP contribution in [0.5, 0.6) is 0 Å². The molecule has 1 aliphatic rings. The molecule has 5 heterocycles. The molecule has 5 rings (SSSR count). The standard InChI is InChI=1S/C24H28N8O/c1-2-17-3-7-25-20(13-17)28-24-29-21(27-19-6-11-32-12-8-26-22(32)14-19)15-23(30-24)31-9-4-18(16-33)5-10-31/h3,6-8,11-15,18,33H,2,4-5,9-10,16H2,1H3,(H2,25,27,28,29,30). The van der Waals surface area contributed by atoms with E-state index in [2.05, 4.69) is 32.4 Å². The van der Waals surface area contributed by atoms with Gasteiger partial charge in [-0.15, -0.1) is 0 Å². The smallest absolute Gasteiger partial charge is 0.232 e. The van der Waals surface area contributed by atoms with Crippen molar-refractivity contribution in [2.45, 2.75) is 26.2 Å². The average Bonchev–Trinajstić information content (AvgIpc) is 3.32. The van der Waals surface area contributed by atoms with Crippen LogP contribution in [0.2, 0.25) is 0 Å². The number of piperidine rings is 1. The Balaban J connectivity index is 1.45. The Kier molecular flexibility index (Phi) is 6.03. The lowest BCUT2D eigenvalue weighted by atomic mass is 9.98. The number of pyridine rings is 2. The van der Waals surface area contributed by atoms with Gasteiger partial charge in [-0.3, -0.25) is 0 Å². The molecule has 0 spiro atoms. The molecule has 0 bridgehead atoms. The summed E-state index contributed by atoms with van der Waals surface area (Å²) in [6, 6.07) is 9.96. The molecule has 3 N–H and O–H groups in total. The number of aliphatic hydroxyl groups is 1. The van der Waals surface area contributed by atoms with Crippen molar-refractivity contribution in [1.82, 2.24) is 24.3 Å². The number of aryl methyl sites for hydroxylation is 1. The number of aromatic nitrogens is 5. The first kappa shape index (κ1) is 21.1. The molecule has 1 fully saturated rings. The second kappa shape index (κ2) is 9.41. The van der Waals surface area contributed by atoms with Gasteiger partial charge in [0.2, 0.25) is 5.95 Å². The number of nitrogens with zero attached hydrogens (tertiary/aromatic N) is 6. The van der Waals surface area contributed by atoms with Crippen molar-refractivity contribution in [3.05, 3.63) is 60.7 Å². The zero-order valence-electron chi connectivity index (χ0n) is 18.6. The molecule has 0 amide bonds. The van der Waals surface area contributed by atoms with Crippen molar-refractivity contribution >= 4 is 34.7 Å². The van der Waals surface area contributed by atoms with Crippen LogP contribution >= 0.6 is 0 Å². The molecule has 33 heavy (non-hydrogen) atoms. The second-order valence-corrected chi connectivity index (χ2v) is 8.31. The Labute approximate surface area is 192 Å². The number of hydrogen-bond donors (Lipinski definition) is 3. The fourth-order valence-corrected chi connectivity index (χ4v) is 4.07. The summed E-state index contributed by atoms with van der Waals surface area (Å²) in [5.41, 5.74) is 2.95. The molecule has 1 aliphatic heterocycles. The Hall–Kier alpha value is -3.72. The highest BCUT2D eigenvalue weighted by atomic mass is 16.3. The highest BCUT2D eigenvalue weighted by Gasteiger charge is 2.21. The van der Waals surface area contributed by atoms with E-state index in [0.717, 1.165) is 55.3 Å². The van der Waals surface area contributed by atoms with Gasteiger partial charge < -0.3 is 25.0 Å². The molecule has 4 aromatic heterocycles. The Morgan fingerprint density at radius 1 is 0.970 bits per heavy atom. The Bertz CT molecular complexity index is 1230. The first-order valence-electron chi connectivity index (χ1n) is 11.4. The minimum absolute atomic E-state index is 0.243. The third kappa shape index (κ3) is 4.88. The molecular formula is C24H28N8O. The van der Waals surface area contributed by atoms with Crippen LogP contribution < -0.4 is 15.5 Å². The zero-order valence-corrected chi connectivity index (χ0v) is 18.6. The molecule has 1 saturated heterocycles. The average molecular weight is 445 g/mol. The Morgan fingerprint density at radius 3 is 2.67 bits per heavy atom. The van der Waals surface area contributed by atoms with Crippen molar-refractivity contribution in [1.29, 1.82) is 0 Å². The SMILES string of the molecule is CCc1ccnc(Nc2nc(Nc3ccn4ccnc4c3)cc(N3CCC(CO)CC3)n2)c1. The second-order valence-electron chi connectivity index (χ2n) is 8.31. The van der Waals surface area contributed by atoms with Crippen LogP contribution in [0.1, 0.15) is 25.3 Å². The largest absolute Gasteiger partial charge is 0.396 e. The van der Waals surface area contributed by atoms with Gasteiger partial charge in [0, 0.05) is 62.3 Å². The van der Waals surface area contributed by atoms with Gasteiger partial charge in [0.05, 0.1) is 0 Å². The molecular weight excluding hydrogens is 416 g/mol. The first-order chi connectivity index (χ1) is 16.2. The van der Waals surface area contributed by atoms with Gasteiger partial charge in [-0.25, -0.2) is 9.97 Å². The fourth-order valence-electron chi connectivity index (χ4n) is 4.07. The third-order valence-corrected chi connectivity index (χ3v) is 6.05. The predicted octanol–water partition coefficient (Wildman–Crippen LogP) is 3.78. The molecule has 170 valence electrons. The topological polar surface area (TPSA) is 104 Å². The van der Waals surface area contributed by atoms with Crippen LogP contribution in [0.4, 0.5) is 29.1 Å². The van der Waals surface area contributed by atoms with Crippen molar-refractivity contribution in [2.75, 3.05) is 35.2 Å². The summed E-state index contributed by atoms with van der Waals surface area (Å²) in [6.07, 6.45) is 10.3. The zero-order chi connectivity index (χ0) is 22.6. The summed E-state index contributed by atoms with van der Waals surface area (Å²) in [7, 11) is 0. The van der Waals surface area contributed by atoms with Crippen LogP contribution in [0.15, 0.2) is 55.1 Å². The third-order valence-electron chi connectivity index (χ3n) is 6.05. The minimum atomic E-state index is 0.243. The van der Waals surface area contributed by atoms with Gasteiger partial charge in [-0.05, 0) is 48.9 Å². The van der Waals surface area contributed by atoms with E-state index >= 15 is 0 Å². The van der Waals surface area contributed by atoms with Crippen LogP contribution in [-0.4, -0.2) is 49.1 Å². The van der Waals surface area contributed by atoms with Gasteiger partial charge in [0.15, 0.2) is 0 Å². The quantitative estimate of drug-likeness (QED) is 0.396. The van der Waals surface area contributed by atoms with Gasteiger partial charge in [0.25, 0.3) is 0 Å². The highest BCUT2D eigenvalue weighted by Crippen LogP contribution is 2.27. The number of rotatable bonds is 7. The molecule has 9 heteroatoms. The lowest BCUT2D eigenvalue weighted by molar-refractivity contribution is 0.203. The van der Waals surface area contributed by atoms with E-state index < -0.39 is 0 Å². The van der Waals surface area contributed by atoms with Gasteiger partial charge in [-0.2, -0.15) is 9.97 Å². The normalized spacial score (nSPS) is 14.5. The van der Waals surface area contributed by atoms with E-state index in [1.54, 1.807) is 12.4 Å². The number of nitrogens with one attached hydrogen (secondary N) is 2. The van der Waals surface area contributed by atoms with E-state index in [0.29, 0.717) is 17.7 Å². The maximum Gasteiger partial charge on any atom is 0.232 e. The maximum atomic E-state index is 9.49. The van der Waals surface area contributed by atoms with E-state index in [1.807, 2.05) is 47.1 Å². The minimum Gasteiger partial charge on any atom is -0.396 e. The monoisotopic (exact) mass is 444 g/mol. The lowest BCUT2D eigenvalue weighted by Crippen LogP contribution is -2.35. The molecule has 0 atom stereocenters. The van der Waals surface area contributed by atoms with Crippen LogP contribution in [0.25, 0.3) is 5.65 Å². The molecule has 4 aromatic rings. The Morgan fingerprint density at radius 2 is 1.85 bits per heavy atom. The lowest BCUT2D eigenvalue weighted by Gasteiger charge is -2.32. The van der Waals surface area contributed by atoms with Crippen molar-refractivity contribution in [3.63, 3.8) is 0 Å². The van der Waals surface area contributed by atoms with Crippen molar-refractivity contribution in [2.24, 2.45) is 5.92 Å². The predicted molar refractivity (Wildman–Crippen MR) is 129 cm³/mol. The van der Waals surface area contributed by atoms with Crippen molar-refractivity contribution in [3.8, 4) is 0 Å². The fraction of sp³-hybridized carbons (Fsp3) is 0.333. The number of imidazole rings is 1. The van der Waals surface area contributed by atoms with E-state index in [4.69, 9.17) is 9.97 Å². The van der Waals surface area contributed by atoms with Crippen LogP contribution in [0.3, 0.4) is 0 Å². The summed E-state index contributed by atoms with van der Waals surface area (Å²) in [6.45, 7) is 4.06. The summed E-state index contributed by atoms with van der Waals surface area (Å²) >= 11 is 0. The molecule has 9 nitrogen and oxygen atoms in total. The molecule has 0 aromatic carbocycles. The summed E-state index contributed by atoms with van der Waals surface area (Å²) in [4.78, 5) is 20.5. The number of anilines is 5. The van der Waals surface area contributed by atoms with Crippen molar-refractivity contribution < 1.29 is 5.11 Å². The van der Waals surface area contributed by atoms with E-state index in [-0.39, 0.29) is 6.61 Å². The molecule has 0 aliphatic carbocycles. The number of fused-ring (bicyclic) bond motifs is 1. The van der Waals surface area contributed by atoms with Gasteiger partial charge >= 0.3 is 0 Å². The van der Waals surface area contributed by atoms with Crippen LogP contribution in [0, 0.1) is 5.92 Å².